The SMILES string of the molecule is CC=C1/C(=C(\N=C(C)N2CCCCC2)c2cccc(SN)c2)CCN1c1ccncc1. The molecule has 0 aliphatic carbocycles. The Balaban J connectivity index is 1.80. The smallest absolute Gasteiger partial charge is 0.102 e. The van der Waals surface area contributed by atoms with E-state index < -0.39 is 0 Å². The maximum Gasteiger partial charge on any atom is 0.102 e. The lowest BCUT2D eigenvalue weighted by molar-refractivity contribution is 0.341. The van der Waals surface area contributed by atoms with Gasteiger partial charge in [0.1, 0.15) is 5.84 Å². The summed E-state index contributed by atoms with van der Waals surface area (Å²) in [6, 6.07) is 12.6. The van der Waals surface area contributed by atoms with E-state index in [0.717, 1.165) is 48.0 Å². The van der Waals surface area contributed by atoms with E-state index in [1.54, 1.807) is 0 Å². The van der Waals surface area contributed by atoms with Crippen molar-refractivity contribution in [3.8, 4) is 0 Å². The van der Waals surface area contributed by atoms with Crippen LogP contribution >= 0.6 is 11.9 Å². The summed E-state index contributed by atoms with van der Waals surface area (Å²) in [5, 5.41) is 5.87. The topological polar surface area (TPSA) is 57.8 Å². The molecule has 0 unspecified atom stereocenters. The van der Waals surface area contributed by atoms with Gasteiger partial charge in [0.25, 0.3) is 0 Å². The zero-order chi connectivity index (χ0) is 21.6. The maximum absolute atomic E-state index is 5.87. The van der Waals surface area contributed by atoms with E-state index in [0.29, 0.717) is 0 Å². The van der Waals surface area contributed by atoms with Crippen molar-refractivity contribution in [1.82, 2.24) is 9.88 Å². The van der Waals surface area contributed by atoms with E-state index in [2.05, 4.69) is 65.0 Å². The molecule has 0 atom stereocenters. The Labute approximate surface area is 189 Å². The van der Waals surface area contributed by atoms with Gasteiger partial charge in [-0.15, -0.1) is 0 Å². The molecule has 0 spiro atoms. The van der Waals surface area contributed by atoms with Crippen LogP contribution in [0.1, 0.15) is 45.1 Å². The molecule has 2 saturated heterocycles. The highest BCUT2D eigenvalue weighted by molar-refractivity contribution is 7.97. The van der Waals surface area contributed by atoms with Gasteiger partial charge in [0.05, 0.1) is 5.70 Å². The average molecular weight is 434 g/mol. The van der Waals surface area contributed by atoms with Crippen LogP contribution in [0.15, 0.2) is 76.0 Å². The zero-order valence-electron chi connectivity index (χ0n) is 18.4. The van der Waals surface area contributed by atoms with Gasteiger partial charge >= 0.3 is 0 Å². The number of nitrogens with two attached hydrogens (primary N) is 1. The summed E-state index contributed by atoms with van der Waals surface area (Å²) in [5.74, 6) is 1.10. The molecule has 0 radical (unpaired) electrons. The number of hydrogen-bond acceptors (Lipinski definition) is 5. The van der Waals surface area contributed by atoms with Crippen LogP contribution < -0.4 is 10.0 Å². The molecule has 5 nitrogen and oxygen atoms in total. The number of aromatic nitrogens is 1. The first kappa shape index (κ1) is 21.7. The molecule has 6 heteroatoms. The number of likely N-dealkylation sites (tertiary alicyclic amines) is 1. The van der Waals surface area contributed by atoms with E-state index in [4.69, 9.17) is 10.1 Å². The molecule has 162 valence electrons. The first-order chi connectivity index (χ1) is 15.2. The van der Waals surface area contributed by atoms with Crippen LogP contribution in [0.4, 0.5) is 5.69 Å². The fourth-order valence-electron chi connectivity index (χ4n) is 4.47. The predicted molar refractivity (Wildman–Crippen MR) is 132 cm³/mol. The Kier molecular flexibility index (Phi) is 7.10. The molecular weight excluding hydrogens is 402 g/mol. The second-order valence-electron chi connectivity index (χ2n) is 7.96. The normalized spacial score (nSPS) is 20.5. The number of amidine groups is 1. The third-order valence-corrected chi connectivity index (χ3v) is 6.58. The van der Waals surface area contributed by atoms with Crippen molar-refractivity contribution < 1.29 is 0 Å². The summed E-state index contributed by atoms with van der Waals surface area (Å²) < 4.78 is 0. The van der Waals surface area contributed by atoms with Crippen molar-refractivity contribution in [3.05, 3.63) is 71.7 Å². The van der Waals surface area contributed by atoms with Gasteiger partial charge in [-0.1, -0.05) is 18.2 Å². The lowest BCUT2D eigenvalue weighted by atomic mass is 10.0. The molecule has 2 fully saturated rings. The molecule has 2 N–H and O–H groups in total. The average Bonchev–Trinajstić information content (AvgIpc) is 3.27. The first-order valence-electron chi connectivity index (χ1n) is 11.1. The first-order valence-corrected chi connectivity index (χ1v) is 11.9. The minimum absolute atomic E-state index is 0.937. The molecule has 31 heavy (non-hydrogen) atoms. The molecule has 2 aromatic rings. The van der Waals surface area contributed by atoms with Crippen LogP contribution in [0.5, 0.6) is 0 Å². The third-order valence-electron chi connectivity index (χ3n) is 6.05. The lowest BCUT2D eigenvalue weighted by Gasteiger charge is -2.28. The number of pyridine rings is 1. The molecule has 0 amide bonds. The number of allylic oxidation sites excluding steroid dienone is 2. The molecule has 1 aromatic carbocycles. The van der Waals surface area contributed by atoms with Gasteiger partial charge in [-0.3, -0.25) is 10.1 Å². The predicted octanol–water partition coefficient (Wildman–Crippen LogP) is 5.48. The lowest BCUT2D eigenvalue weighted by Crippen LogP contribution is -2.34. The monoisotopic (exact) mass is 433 g/mol. The van der Waals surface area contributed by atoms with Crippen molar-refractivity contribution in [1.29, 1.82) is 0 Å². The van der Waals surface area contributed by atoms with Crippen LogP contribution in [0.3, 0.4) is 0 Å². The Morgan fingerprint density at radius 3 is 2.58 bits per heavy atom. The number of nitrogens with zero attached hydrogens (tertiary/aromatic N) is 4. The quantitative estimate of drug-likeness (QED) is 0.393. The van der Waals surface area contributed by atoms with Crippen LogP contribution in [0.2, 0.25) is 0 Å². The maximum atomic E-state index is 5.87. The molecule has 2 aliphatic rings. The number of rotatable bonds is 4. The zero-order valence-corrected chi connectivity index (χ0v) is 19.2. The van der Waals surface area contributed by atoms with Crippen molar-refractivity contribution in [2.75, 3.05) is 24.5 Å². The number of benzene rings is 1. The second kappa shape index (κ2) is 10.2. The van der Waals surface area contributed by atoms with Crippen LogP contribution in [-0.2, 0) is 0 Å². The number of piperidine rings is 1. The van der Waals surface area contributed by atoms with Crippen LogP contribution in [0, 0.1) is 0 Å². The minimum atomic E-state index is 0.937. The molecule has 0 saturated carbocycles. The van der Waals surface area contributed by atoms with Gasteiger partial charge in [0.15, 0.2) is 0 Å². The van der Waals surface area contributed by atoms with E-state index in [1.165, 1.54) is 48.2 Å². The van der Waals surface area contributed by atoms with E-state index in [9.17, 15) is 0 Å². The van der Waals surface area contributed by atoms with Crippen molar-refractivity contribution in [2.45, 2.75) is 44.4 Å². The van der Waals surface area contributed by atoms with Gasteiger partial charge in [-0.05, 0) is 75.7 Å². The molecule has 3 heterocycles. The largest absolute Gasteiger partial charge is 0.360 e. The van der Waals surface area contributed by atoms with Crippen LogP contribution in [0.25, 0.3) is 5.70 Å². The number of anilines is 1. The van der Waals surface area contributed by atoms with Crippen molar-refractivity contribution in [2.24, 2.45) is 10.1 Å². The minimum Gasteiger partial charge on any atom is -0.360 e. The summed E-state index contributed by atoms with van der Waals surface area (Å²) in [6.45, 7) is 7.39. The number of aliphatic imine (C=N–C) groups is 1. The fraction of sp³-hybridized carbons (Fsp3) is 0.360. The summed E-state index contributed by atoms with van der Waals surface area (Å²) in [5.41, 5.74) is 5.86. The van der Waals surface area contributed by atoms with Crippen molar-refractivity contribution >= 4 is 29.2 Å². The second-order valence-corrected chi connectivity index (χ2v) is 8.67. The summed E-state index contributed by atoms with van der Waals surface area (Å²) in [4.78, 5) is 15.3. The van der Waals surface area contributed by atoms with Gasteiger partial charge in [0, 0.05) is 59.4 Å². The molecule has 4 rings (SSSR count). The standard InChI is InChI=1S/C25H31N5S/c1-3-24-23(12-17-30(24)21-10-13-27-14-11-21)25(20-8-7-9-22(18-20)31-26)28-19(2)29-15-5-4-6-16-29/h3,7-11,13-14,18H,4-6,12,15-17,26H2,1-2H3/b24-3?,25-23-,28-19?. The molecule has 1 aromatic heterocycles. The Hall–Kier alpha value is -2.57. The molecule has 0 bridgehead atoms. The third kappa shape index (κ3) is 4.86. The number of hydrogen-bond donors (Lipinski definition) is 1. The van der Waals surface area contributed by atoms with Gasteiger partial charge in [-0.2, -0.15) is 0 Å². The van der Waals surface area contributed by atoms with Gasteiger partial charge < -0.3 is 9.80 Å². The van der Waals surface area contributed by atoms with Crippen LogP contribution in [-0.4, -0.2) is 35.4 Å². The highest BCUT2D eigenvalue weighted by Gasteiger charge is 2.27. The Bertz CT molecular complexity index is 990. The van der Waals surface area contributed by atoms with E-state index in [-0.39, 0.29) is 0 Å². The van der Waals surface area contributed by atoms with E-state index >= 15 is 0 Å². The highest BCUT2D eigenvalue weighted by atomic mass is 32.2. The Morgan fingerprint density at radius 2 is 1.87 bits per heavy atom. The highest BCUT2D eigenvalue weighted by Crippen LogP contribution is 2.38. The Morgan fingerprint density at radius 1 is 1.10 bits per heavy atom. The molecular formula is C25H31N5S. The molecule has 2 aliphatic heterocycles. The van der Waals surface area contributed by atoms with E-state index in [1.807, 2.05) is 18.5 Å². The summed E-state index contributed by atoms with van der Waals surface area (Å²) in [7, 11) is 0. The summed E-state index contributed by atoms with van der Waals surface area (Å²) in [6.07, 6.45) is 10.7. The summed E-state index contributed by atoms with van der Waals surface area (Å²) >= 11 is 1.28. The van der Waals surface area contributed by atoms with Crippen molar-refractivity contribution in [3.63, 3.8) is 0 Å². The van der Waals surface area contributed by atoms with Gasteiger partial charge in [-0.25, -0.2) is 4.99 Å². The fourth-order valence-corrected chi connectivity index (χ4v) is 4.82. The van der Waals surface area contributed by atoms with Gasteiger partial charge in [0.2, 0.25) is 0 Å².